The first-order valence-electron chi connectivity index (χ1n) is 10.1. The monoisotopic (exact) mass is 512 g/mol. The van der Waals surface area contributed by atoms with Gasteiger partial charge in [-0.15, -0.1) is 11.3 Å². The van der Waals surface area contributed by atoms with Crippen molar-refractivity contribution in [1.82, 2.24) is 14.8 Å². The van der Waals surface area contributed by atoms with Crippen LogP contribution in [0, 0.1) is 0 Å². The summed E-state index contributed by atoms with van der Waals surface area (Å²) in [4.78, 5) is 29.7. The number of carbonyl (C=O) groups is 2. The predicted molar refractivity (Wildman–Crippen MR) is 134 cm³/mol. The van der Waals surface area contributed by atoms with Gasteiger partial charge in [0.1, 0.15) is 5.69 Å². The van der Waals surface area contributed by atoms with Crippen molar-refractivity contribution in [2.75, 3.05) is 5.32 Å². The van der Waals surface area contributed by atoms with Crippen molar-refractivity contribution in [3.63, 3.8) is 0 Å². The highest BCUT2D eigenvalue weighted by molar-refractivity contribution is 7.13. The van der Waals surface area contributed by atoms with Crippen LogP contribution in [-0.2, 0) is 14.3 Å². The minimum Gasteiger partial charge on any atom is -0.449 e. The predicted octanol–water partition coefficient (Wildman–Crippen LogP) is 5.89. The van der Waals surface area contributed by atoms with E-state index in [0.29, 0.717) is 5.02 Å². The number of hydrogen-bond acceptors (Lipinski definition) is 6. The van der Waals surface area contributed by atoms with E-state index in [1.807, 2.05) is 54.0 Å². The first-order valence-corrected chi connectivity index (χ1v) is 11.7. The Morgan fingerprint density at radius 2 is 1.97 bits per heavy atom. The van der Waals surface area contributed by atoms with E-state index in [2.05, 4.69) is 15.4 Å². The Morgan fingerprint density at radius 1 is 1.18 bits per heavy atom. The van der Waals surface area contributed by atoms with E-state index in [1.165, 1.54) is 25.3 Å². The average molecular weight is 513 g/mol. The zero-order valence-corrected chi connectivity index (χ0v) is 20.1. The normalized spacial score (nSPS) is 12.0. The number of benzene rings is 1. The number of thiophene rings is 1. The fraction of sp³-hybridized carbons (Fsp3) is 0.0833. The number of pyridine rings is 1. The number of amides is 1. The number of ether oxygens (including phenoxy) is 1. The standard InChI is InChI=1S/C24H18Cl2N4O3S/c1-15(24(32)28-23-19(26)12-17(25)13-27-23)33-21(31)10-9-16-14-30(18-6-3-2-4-7-18)29-22(16)20-8-5-11-34-20/h2-15H,1H3,(H,27,28,32)/b10-9+/t15-/m1/s1. The molecule has 0 aliphatic rings. The van der Waals surface area contributed by atoms with Gasteiger partial charge in [0.15, 0.2) is 11.9 Å². The fourth-order valence-corrected chi connectivity index (χ4v) is 4.14. The summed E-state index contributed by atoms with van der Waals surface area (Å²) < 4.78 is 6.98. The van der Waals surface area contributed by atoms with Crippen LogP contribution in [0.2, 0.25) is 10.0 Å². The van der Waals surface area contributed by atoms with Gasteiger partial charge < -0.3 is 10.1 Å². The van der Waals surface area contributed by atoms with Crippen LogP contribution in [0.4, 0.5) is 5.82 Å². The number of nitrogens with zero attached hydrogens (tertiary/aromatic N) is 3. The van der Waals surface area contributed by atoms with Gasteiger partial charge in [-0.2, -0.15) is 5.10 Å². The molecule has 1 N–H and O–H groups in total. The van der Waals surface area contributed by atoms with Gasteiger partial charge in [0.2, 0.25) is 0 Å². The molecule has 172 valence electrons. The molecule has 0 bridgehead atoms. The molecule has 1 atom stereocenters. The van der Waals surface area contributed by atoms with Crippen LogP contribution in [0.15, 0.2) is 72.4 Å². The lowest BCUT2D eigenvalue weighted by Crippen LogP contribution is -2.29. The summed E-state index contributed by atoms with van der Waals surface area (Å²) in [5.74, 6) is -1.12. The van der Waals surface area contributed by atoms with Crippen molar-refractivity contribution in [2.24, 2.45) is 0 Å². The quantitative estimate of drug-likeness (QED) is 0.246. The topological polar surface area (TPSA) is 86.1 Å². The van der Waals surface area contributed by atoms with Gasteiger partial charge in [-0.25, -0.2) is 14.5 Å². The number of esters is 1. The smallest absolute Gasteiger partial charge is 0.331 e. The summed E-state index contributed by atoms with van der Waals surface area (Å²) in [6, 6.07) is 15.0. The van der Waals surface area contributed by atoms with E-state index in [4.69, 9.17) is 27.9 Å². The number of halogens is 2. The van der Waals surface area contributed by atoms with E-state index in [1.54, 1.807) is 22.1 Å². The lowest BCUT2D eigenvalue weighted by Gasteiger charge is -2.12. The van der Waals surface area contributed by atoms with Crippen LogP contribution in [0.1, 0.15) is 12.5 Å². The number of anilines is 1. The lowest BCUT2D eigenvalue weighted by atomic mass is 10.2. The van der Waals surface area contributed by atoms with Crippen LogP contribution < -0.4 is 5.32 Å². The molecule has 4 aromatic rings. The number of rotatable bonds is 7. The maximum Gasteiger partial charge on any atom is 0.331 e. The van der Waals surface area contributed by atoms with Crippen LogP contribution in [-0.4, -0.2) is 32.7 Å². The summed E-state index contributed by atoms with van der Waals surface area (Å²) in [6.07, 6.45) is 4.99. The summed E-state index contributed by atoms with van der Waals surface area (Å²) in [5, 5.41) is 9.67. The minimum atomic E-state index is -1.07. The van der Waals surface area contributed by atoms with Crippen molar-refractivity contribution in [3.05, 3.63) is 88.0 Å². The Hall–Kier alpha value is -3.46. The van der Waals surface area contributed by atoms with Crippen molar-refractivity contribution < 1.29 is 14.3 Å². The van der Waals surface area contributed by atoms with Crippen LogP contribution in [0.3, 0.4) is 0 Å². The van der Waals surface area contributed by atoms with E-state index in [9.17, 15) is 9.59 Å². The summed E-state index contributed by atoms with van der Waals surface area (Å²) in [6.45, 7) is 1.45. The van der Waals surface area contributed by atoms with Crippen molar-refractivity contribution in [3.8, 4) is 16.3 Å². The molecule has 0 aliphatic heterocycles. The first-order chi connectivity index (χ1) is 16.4. The second-order valence-electron chi connectivity index (χ2n) is 7.08. The van der Waals surface area contributed by atoms with Gasteiger partial charge in [0, 0.05) is 24.0 Å². The van der Waals surface area contributed by atoms with Gasteiger partial charge in [-0.1, -0.05) is 47.5 Å². The molecule has 0 saturated carbocycles. The van der Waals surface area contributed by atoms with Gasteiger partial charge >= 0.3 is 5.97 Å². The SMILES string of the molecule is C[C@@H](OC(=O)/C=C/c1cn(-c2ccccc2)nc1-c1cccs1)C(=O)Nc1ncc(Cl)cc1Cl. The Labute approximate surface area is 209 Å². The summed E-state index contributed by atoms with van der Waals surface area (Å²) >= 11 is 13.4. The van der Waals surface area contributed by atoms with E-state index in [-0.39, 0.29) is 10.8 Å². The fourth-order valence-electron chi connectivity index (χ4n) is 2.98. The third-order valence-electron chi connectivity index (χ3n) is 4.63. The van der Waals surface area contributed by atoms with Crippen LogP contribution in [0.25, 0.3) is 22.3 Å². The molecule has 0 spiro atoms. The molecular formula is C24H18Cl2N4O3S. The van der Waals surface area contributed by atoms with Crippen LogP contribution in [0.5, 0.6) is 0 Å². The largest absolute Gasteiger partial charge is 0.449 e. The molecule has 1 amide bonds. The van der Waals surface area contributed by atoms with E-state index < -0.39 is 18.0 Å². The van der Waals surface area contributed by atoms with Gasteiger partial charge in [-0.3, -0.25) is 4.79 Å². The average Bonchev–Trinajstić information content (AvgIpc) is 3.50. The third kappa shape index (κ3) is 5.72. The molecule has 0 radical (unpaired) electrons. The second kappa shape index (κ2) is 10.6. The summed E-state index contributed by atoms with van der Waals surface area (Å²) in [5.41, 5.74) is 2.36. The third-order valence-corrected chi connectivity index (χ3v) is 6.00. The van der Waals surface area contributed by atoms with Gasteiger partial charge in [0.05, 0.1) is 20.6 Å². The Balaban J connectivity index is 1.47. The number of para-hydroxylation sites is 1. The minimum absolute atomic E-state index is 0.128. The maximum atomic E-state index is 12.4. The highest BCUT2D eigenvalue weighted by Crippen LogP contribution is 2.28. The van der Waals surface area contributed by atoms with Gasteiger partial charge in [0.25, 0.3) is 5.91 Å². The summed E-state index contributed by atoms with van der Waals surface area (Å²) in [7, 11) is 0. The van der Waals surface area contributed by atoms with Crippen LogP contribution >= 0.6 is 34.5 Å². The molecule has 0 fully saturated rings. The van der Waals surface area contributed by atoms with Crippen molar-refractivity contribution in [1.29, 1.82) is 0 Å². The zero-order chi connectivity index (χ0) is 24.1. The Morgan fingerprint density at radius 3 is 2.68 bits per heavy atom. The van der Waals surface area contributed by atoms with E-state index >= 15 is 0 Å². The molecule has 34 heavy (non-hydrogen) atoms. The van der Waals surface area contributed by atoms with Crippen molar-refractivity contribution >= 4 is 58.3 Å². The van der Waals surface area contributed by atoms with Crippen molar-refractivity contribution in [2.45, 2.75) is 13.0 Å². The lowest BCUT2D eigenvalue weighted by molar-refractivity contribution is -0.148. The number of carbonyl (C=O) groups excluding carboxylic acids is 2. The number of hydrogen-bond donors (Lipinski definition) is 1. The number of nitrogens with one attached hydrogen (secondary N) is 1. The second-order valence-corrected chi connectivity index (χ2v) is 8.87. The maximum absolute atomic E-state index is 12.4. The van der Waals surface area contributed by atoms with E-state index in [0.717, 1.165) is 21.8 Å². The Kier molecular flexibility index (Phi) is 7.42. The molecule has 10 heteroatoms. The Bertz CT molecular complexity index is 1340. The highest BCUT2D eigenvalue weighted by Gasteiger charge is 2.19. The zero-order valence-electron chi connectivity index (χ0n) is 17.8. The molecule has 3 heterocycles. The molecule has 1 aromatic carbocycles. The molecule has 0 aliphatic carbocycles. The molecule has 0 saturated heterocycles. The number of aromatic nitrogens is 3. The molecule has 7 nitrogen and oxygen atoms in total. The molecule has 0 unspecified atom stereocenters. The molecule has 3 aromatic heterocycles. The van der Waals surface area contributed by atoms with Gasteiger partial charge in [-0.05, 0) is 42.6 Å². The molecule has 4 rings (SSSR count). The molecular weight excluding hydrogens is 495 g/mol. The highest BCUT2D eigenvalue weighted by atomic mass is 35.5. The first kappa shape index (κ1) is 23.7.